The van der Waals surface area contributed by atoms with Crippen molar-refractivity contribution < 1.29 is 4.79 Å². The zero-order chi connectivity index (χ0) is 11.7. The van der Waals surface area contributed by atoms with Crippen molar-refractivity contribution in [3.05, 3.63) is 35.6 Å². The van der Waals surface area contributed by atoms with Gasteiger partial charge in [0.25, 0.3) is 5.91 Å². The van der Waals surface area contributed by atoms with Gasteiger partial charge in [-0.3, -0.25) is 4.79 Å². The van der Waals surface area contributed by atoms with E-state index in [0.29, 0.717) is 12.1 Å². The lowest BCUT2D eigenvalue weighted by atomic mass is 10.2. The molecule has 0 unspecified atom stereocenters. The number of hydrogen-bond donors (Lipinski definition) is 2. The van der Waals surface area contributed by atoms with Gasteiger partial charge >= 0.3 is 0 Å². The average Bonchev–Trinajstić information content (AvgIpc) is 2.24. The molecule has 0 aliphatic rings. The minimum Gasteiger partial charge on any atom is -0.327 e. The van der Waals surface area contributed by atoms with Gasteiger partial charge < -0.3 is 11.1 Å². The topological polar surface area (TPSA) is 55.1 Å². The maximum Gasteiger partial charge on any atom is 0.250 e. The number of carbonyl (C=O) groups excluding carboxylic acids is 1. The summed E-state index contributed by atoms with van der Waals surface area (Å²) in [6.45, 7) is 6.07. The molecule has 0 radical (unpaired) electrons. The van der Waals surface area contributed by atoms with Gasteiger partial charge in [0, 0.05) is 17.8 Å². The predicted octanol–water partition coefficient (Wildman–Crippen LogP) is 1.88. The standard InChI is InChI=1S/C12H20N2O/c1-4-6-7-11(8-9-13)14-12(15)10(3)5-2/h5-8H,4,9,13H2,1-3H3,(H,14,15)/b7-6-,10-5+,11-8+. The van der Waals surface area contributed by atoms with Gasteiger partial charge in [-0.25, -0.2) is 0 Å². The normalized spacial score (nSPS) is 13.3. The highest BCUT2D eigenvalue weighted by Crippen LogP contribution is 1.98. The quantitative estimate of drug-likeness (QED) is 0.535. The lowest BCUT2D eigenvalue weighted by Crippen LogP contribution is -2.23. The number of nitrogens with one attached hydrogen (secondary N) is 1. The van der Waals surface area contributed by atoms with Gasteiger partial charge in [0.1, 0.15) is 0 Å². The zero-order valence-electron chi connectivity index (χ0n) is 9.71. The Morgan fingerprint density at radius 2 is 2.13 bits per heavy atom. The van der Waals surface area contributed by atoms with E-state index in [0.717, 1.165) is 12.1 Å². The number of rotatable bonds is 5. The Kier molecular flexibility index (Phi) is 7.28. The summed E-state index contributed by atoms with van der Waals surface area (Å²) in [6.07, 6.45) is 8.34. The number of carbonyl (C=O) groups is 1. The third-order valence-corrected chi connectivity index (χ3v) is 1.92. The summed E-state index contributed by atoms with van der Waals surface area (Å²) in [7, 11) is 0. The first-order chi connectivity index (χ1) is 7.15. The fraction of sp³-hybridized carbons (Fsp3) is 0.417. The smallest absolute Gasteiger partial charge is 0.250 e. The first kappa shape index (κ1) is 13.7. The molecule has 3 N–H and O–H groups in total. The average molecular weight is 208 g/mol. The fourth-order valence-corrected chi connectivity index (χ4v) is 0.893. The van der Waals surface area contributed by atoms with Gasteiger partial charge in [-0.1, -0.05) is 19.1 Å². The van der Waals surface area contributed by atoms with Crippen LogP contribution in [0.25, 0.3) is 0 Å². The molecule has 0 aromatic rings. The summed E-state index contributed by atoms with van der Waals surface area (Å²) in [5.74, 6) is -0.0852. The van der Waals surface area contributed by atoms with Crippen molar-refractivity contribution in [2.45, 2.75) is 27.2 Å². The van der Waals surface area contributed by atoms with Crippen molar-refractivity contribution in [1.29, 1.82) is 0 Å². The molecule has 0 heterocycles. The van der Waals surface area contributed by atoms with Crippen LogP contribution in [0.15, 0.2) is 35.6 Å². The van der Waals surface area contributed by atoms with Crippen LogP contribution in [0.3, 0.4) is 0 Å². The minimum absolute atomic E-state index is 0.0852. The Hall–Kier alpha value is -1.35. The Bertz CT molecular complexity index is 288. The van der Waals surface area contributed by atoms with Crippen molar-refractivity contribution in [2.75, 3.05) is 6.54 Å². The van der Waals surface area contributed by atoms with E-state index in [1.165, 1.54) is 0 Å². The molecule has 0 saturated heterocycles. The lowest BCUT2D eigenvalue weighted by Gasteiger charge is -2.05. The van der Waals surface area contributed by atoms with Crippen LogP contribution >= 0.6 is 0 Å². The van der Waals surface area contributed by atoms with Crippen LogP contribution in [0, 0.1) is 0 Å². The maximum absolute atomic E-state index is 11.5. The van der Waals surface area contributed by atoms with Crippen molar-refractivity contribution in [3.8, 4) is 0 Å². The van der Waals surface area contributed by atoms with E-state index in [2.05, 4.69) is 5.32 Å². The van der Waals surface area contributed by atoms with Crippen molar-refractivity contribution >= 4 is 5.91 Å². The van der Waals surface area contributed by atoms with Crippen LogP contribution in [0.1, 0.15) is 27.2 Å². The highest BCUT2D eigenvalue weighted by atomic mass is 16.1. The molecule has 0 rings (SSSR count). The van der Waals surface area contributed by atoms with Gasteiger partial charge in [0.15, 0.2) is 0 Å². The molecule has 0 bridgehead atoms. The SMILES string of the molecule is C/C=C(\C)C(=O)NC(/C=C\CC)=C/CN. The van der Waals surface area contributed by atoms with E-state index in [-0.39, 0.29) is 5.91 Å². The van der Waals surface area contributed by atoms with Gasteiger partial charge in [-0.15, -0.1) is 0 Å². The van der Waals surface area contributed by atoms with Crippen LogP contribution in [-0.2, 0) is 4.79 Å². The number of nitrogens with two attached hydrogens (primary N) is 1. The first-order valence-electron chi connectivity index (χ1n) is 5.16. The number of amides is 1. The molecule has 0 atom stereocenters. The van der Waals surface area contributed by atoms with Gasteiger partial charge in [-0.2, -0.15) is 0 Å². The zero-order valence-corrected chi connectivity index (χ0v) is 9.71. The summed E-state index contributed by atoms with van der Waals surface area (Å²) in [6, 6.07) is 0. The van der Waals surface area contributed by atoms with E-state index in [1.54, 1.807) is 19.1 Å². The molecular weight excluding hydrogens is 188 g/mol. The van der Waals surface area contributed by atoms with Crippen molar-refractivity contribution in [3.63, 3.8) is 0 Å². The molecule has 1 amide bonds. The van der Waals surface area contributed by atoms with Crippen LogP contribution in [0.5, 0.6) is 0 Å². The highest BCUT2D eigenvalue weighted by molar-refractivity contribution is 5.94. The number of allylic oxidation sites excluding steroid dienone is 3. The molecule has 0 aliphatic heterocycles. The van der Waals surface area contributed by atoms with E-state index < -0.39 is 0 Å². The molecule has 15 heavy (non-hydrogen) atoms. The Balaban J connectivity index is 4.49. The lowest BCUT2D eigenvalue weighted by molar-refractivity contribution is -0.116. The Morgan fingerprint density at radius 3 is 2.60 bits per heavy atom. The molecule has 0 saturated carbocycles. The third kappa shape index (κ3) is 5.86. The summed E-state index contributed by atoms with van der Waals surface area (Å²) in [5.41, 5.74) is 6.86. The van der Waals surface area contributed by atoms with Gasteiger partial charge in [-0.05, 0) is 32.4 Å². The second kappa shape index (κ2) is 8.00. The summed E-state index contributed by atoms with van der Waals surface area (Å²) < 4.78 is 0. The van der Waals surface area contributed by atoms with E-state index in [9.17, 15) is 4.79 Å². The molecule has 0 aliphatic carbocycles. The maximum atomic E-state index is 11.5. The molecule has 3 heteroatoms. The van der Waals surface area contributed by atoms with Crippen LogP contribution in [0.2, 0.25) is 0 Å². The van der Waals surface area contributed by atoms with E-state index in [4.69, 9.17) is 5.73 Å². The third-order valence-electron chi connectivity index (χ3n) is 1.92. The molecule has 0 fully saturated rings. The summed E-state index contributed by atoms with van der Waals surface area (Å²) in [5, 5.41) is 2.79. The monoisotopic (exact) mass is 208 g/mol. The molecule has 0 aromatic carbocycles. The van der Waals surface area contributed by atoms with E-state index >= 15 is 0 Å². The first-order valence-corrected chi connectivity index (χ1v) is 5.16. The molecule has 0 aromatic heterocycles. The van der Waals surface area contributed by atoms with Gasteiger partial charge in [0.2, 0.25) is 0 Å². The molecule has 0 spiro atoms. The largest absolute Gasteiger partial charge is 0.327 e. The molecule has 3 nitrogen and oxygen atoms in total. The Labute approximate surface area is 91.7 Å². The fourth-order valence-electron chi connectivity index (χ4n) is 0.893. The predicted molar refractivity (Wildman–Crippen MR) is 64.1 cm³/mol. The van der Waals surface area contributed by atoms with Gasteiger partial charge in [0.05, 0.1) is 0 Å². The second-order valence-electron chi connectivity index (χ2n) is 3.13. The number of hydrogen-bond acceptors (Lipinski definition) is 2. The van der Waals surface area contributed by atoms with Crippen molar-refractivity contribution in [1.82, 2.24) is 5.32 Å². The Morgan fingerprint density at radius 1 is 1.47 bits per heavy atom. The molecular formula is C12H20N2O. The van der Waals surface area contributed by atoms with Crippen molar-refractivity contribution in [2.24, 2.45) is 5.73 Å². The summed E-state index contributed by atoms with van der Waals surface area (Å²) in [4.78, 5) is 11.5. The molecule has 84 valence electrons. The minimum atomic E-state index is -0.0852. The summed E-state index contributed by atoms with van der Waals surface area (Å²) >= 11 is 0. The second-order valence-corrected chi connectivity index (χ2v) is 3.13. The van der Waals surface area contributed by atoms with Crippen LogP contribution in [0.4, 0.5) is 0 Å². The highest BCUT2D eigenvalue weighted by Gasteiger charge is 2.02. The van der Waals surface area contributed by atoms with E-state index in [1.807, 2.05) is 26.0 Å². The van der Waals surface area contributed by atoms with Crippen LogP contribution < -0.4 is 11.1 Å². The van der Waals surface area contributed by atoms with Crippen LogP contribution in [-0.4, -0.2) is 12.5 Å².